The van der Waals surface area contributed by atoms with Gasteiger partial charge >= 0.3 is 5.97 Å². The van der Waals surface area contributed by atoms with Crippen molar-refractivity contribution in [2.24, 2.45) is 0 Å². The predicted octanol–water partition coefficient (Wildman–Crippen LogP) is 2.10. The van der Waals surface area contributed by atoms with Crippen molar-refractivity contribution in [3.8, 4) is 0 Å². The van der Waals surface area contributed by atoms with Crippen LogP contribution in [0.2, 0.25) is 0 Å². The molecule has 0 saturated carbocycles. The Hall–Kier alpha value is -1.08. The van der Waals surface area contributed by atoms with Gasteiger partial charge < -0.3 is 14.4 Å². The summed E-state index contributed by atoms with van der Waals surface area (Å²) in [5.41, 5.74) is -0.189. The molecule has 1 aliphatic rings. The maximum absolute atomic E-state index is 10.7. The van der Waals surface area contributed by atoms with E-state index in [4.69, 9.17) is 9.84 Å². The number of carboxylic acid groups (broad SMARTS) is 1. The number of rotatable bonds is 4. The van der Waals surface area contributed by atoms with Gasteiger partial charge in [0.2, 0.25) is 0 Å². The maximum atomic E-state index is 10.7. The van der Waals surface area contributed by atoms with E-state index in [-0.39, 0.29) is 23.3 Å². The molecule has 1 saturated heterocycles. The first kappa shape index (κ1) is 15.3. The van der Waals surface area contributed by atoms with Crippen LogP contribution in [0.5, 0.6) is 0 Å². The summed E-state index contributed by atoms with van der Waals surface area (Å²) in [5.74, 6) is 0.273. The molecule has 1 aromatic heterocycles. The molecule has 7 heteroatoms. The molecular weight excluding hydrogens is 278 g/mol. The standard InChI is InChI=1S/C13H21N3O3S/c1-8-5-9(6-19-8)11-14-15-12(20-7-10(17)18)16(11)13(2,3)4/h8-9H,5-7H2,1-4H3,(H,17,18). The molecule has 2 heterocycles. The third-order valence-electron chi connectivity index (χ3n) is 3.22. The Kier molecular flexibility index (Phi) is 4.39. The molecule has 0 amide bonds. The van der Waals surface area contributed by atoms with Crippen molar-refractivity contribution in [3.63, 3.8) is 0 Å². The molecule has 2 unspecified atom stereocenters. The van der Waals surface area contributed by atoms with Gasteiger partial charge in [0.25, 0.3) is 0 Å². The van der Waals surface area contributed by atoms with Gasteiger partial charge in [-0.2, -0.15) is 0 Å². The van der Waals surface area contributed by atoms with Crippen LogP contribution in [-0.2, 0) is 15.1 Å². The fraction of sp³-hybridized carbons (Fsp3) is 0.769. The molecule has 0 radical (unpaired) electrons. The number of nitrogens with zero attached hydrogens (tertiary/aromatic N) is 3. The smallest absolute Gasteiger partial charge is 0.313 e. The summed E-state index contributed by atoms with van der Waals surface area (Å²) < 4.78 is 7.66. The van der Waals surface area contributed by atoms with Crippen molar-refractivity contribution in [1.82, 2.24) is 14.8 Å². The second-order valence-electron chi connectivity index (χ2n) is 6.11. The summed E-state index contributed by atoms with van der Waals surface area (Å²) in [4.78, 5) is 10.7. The lowest BCUT2D eigenvalue weighted by Gasteiger charge is -2.26. The van der Waals surface area contributed by atoms with Crippen LogP contribution in [0.25, 0.3) is 0 Å². The van der Waals surface area contributed by atoms with Crippen LogP contribution in [0, 0.1) is 0 Å². The molecule has 112 valence electrons. The van der Waals surface area contributed by atoms with Gasteiger partial charge in [-0.3, -0.25) is 4.79 Å². The second kappa shape index (κ2) is 5.73. The number of carbonyl (C=O) groups is 1. The third kappa shape index (κ3) is 3.32. The van der Waals surface area contributed by atoms with E-state index in [1.807, 2.05) is 4.57 Å². The number of ether oxygens (including phenoxy) is 1. The third-order valence-corrected chi connectivity index (χ3v) is 4.13. The number of hydrogen-bond donors (Lipinski definition) is 1. The molecule has 0 spiro atoms. The van der Waals surface area contributed by atoms with Gasteiger partial charge in [0.05, 0.1) is 18.5 Å². The molecule has 20 heavy (non-hydrogen) atoms. The maximum Gasteiger partial charge on any atom is 0.313 e. The van der Waals surface area contributed by atoms with E-state index < -0.39 is 5.97 Å². The van der Waals surface area contributed by atoms with Crippen LogP contribution in [0.15, 0.2) is 5.16 Å². The lowest BCUT2D eigenvalue weighted by molar-refractivity contribution is -0.133. The summed E-state index contributed by atoms with van der Waals surface area (Å²) in [5, 5.41) is 18.0. The van der Waals surface area contributed by atoms with Crippen molar-refractivity contribution >= 4 is 17.7 Å². The summed E-state index contributed by atoms with van der Waals surface area (Å²) in [6.07, 6.45) is 1.16. The minimum atomic E-state index is -0.849. The van der Waals surface area contributed by atoms with Crippen LogP contribution in [-0.4, -0.2) is 44.3 Å². The molecule has 2 rings (SSSR count). The van der Waals surface area contributed by atoms with E-state index in [1.54, 1.807) is 0 Å². The van der Waals surface area contributed by atoms with Crippen LogP contribution in [0.3, 0.4) is 0 Å². The molecule has 0 aliphatic carbocycles. The van der Waals surface area contributed by atoms with E-state index in [0.717, 1.165) is 12.2 Å². The van der Waals surface area contributed by atoms with E-state index in [1.165, 1.54) is 11.8 Å². The minimum absolute atomic E-state index is 0.00815. The van der Waals surface area contributed by atoms with Crippen LogP contribution < -0.4 is 0 Å². The van der Waals surface area contributed by atoms with Crippen molar-refractivity contribution in [2.75, 3.05) is 12.4 Å². The van der Waals surface area contributed by atoms with E-state index in [2.05, 4.69) is 37.9 Å². The summed E-state index contributed by atoms with van der Waals surface area (Å²) >= 11 is 1.21. The summed E-state index contributed by atoms with van der Waals surface area (Å²) in [6, 6.07) is 0. The van der Waals surface area contributed by atoms with Crippen LogP contribution >= 0.6 is 11.8 Å². The zero-order chi connectivity index (χ0) is 14.9. The van der Waals surface area contributed by atoms with Gasteiger partial charge in [0.15, 0.2) is 5.16 Å². The Labute approximate surface area is 122 Å². The largest absolute Gasteiger partial charge is 0.481 e. The average molecular weight is 299 g/mol. The Morgan fingerprint density at radius 3 is 2.70 bits per heavy atom. The Morgan fingerprint density at radius 1 is 1.50 bits per heavy atom. The Balaban J connectivity index is 2.30. The van der Waals surface area contributed by atoms with Gasteiger partial charge in [-0.25, -0.2) is 0 Å². The lowest BCUT2D eigenvalue weighted by atomic mass is 10.0. The highest BCUT2D eigenvalue weighted by molar-refractivity contribution is 7.99. The van der Waals surface area contributed by atoms with E-state index >= 15 is 0 Å². The first-order valence-corrected chi connectivity index (χ1v) is 7.69. The van der Waals surface area contributed by atoms with Gasteiger partial charge in [-0.1, -0.05) is 11.8 Å². The lowest BCUT2D eigenvalue weighted by Crippen LogP contribution is -2.26. The highest BCUT2D eigenvalue weighted by Gasteiger charge is 2.32. The Bertz CT molecular complexity index is 496. The topological polar surface area (TPSA) is 77.2 Å². The molecule has 6 nitrogen and oxygen atoms in total. The highest BCUT2D eigenvalue weighted by Crippen LogP contribution is 2.33. The van der Waals surface area contributed by atoms with Gasteiger partial charge in [-0.15, -0.1) is 10.2 Å². The molecule has 0 bridgehead atoms. The normalized spacial score (nSPS) is 23.2. The van der Waals surface area contributed by atoms with Crippen molar-refractivity contribution in [2.45, 2.75) is 56.8 Å². The molecule has 1 N–H and O–H groups in total. The fourth-order valence-corrected chi connectivity index (χ4v) is 3.24. The zero-order valence-electron chi connectivity index (χ0n) is 12.3. The van der Waals surface area contributed by atoms with Gasteiger partial charge in [0.1, 0.15) is 5.82 Å². The molecule has 0 aromatic carbocycles. The average Bonchev–Trinajstić information content (AvgIpc) is 2.90. The zero-order valence-corrected chi connectivity index (χ0v) is 13.1. The monoisotopic (exact) mass is 299 g/mol. The fourth-order valence-electron chi connectivity index (χ4n) is 2.39. The number of aromatic nitrogens is 3. The van der Waals surface area contributed by atoms with Gasteiger partial charge in [-0.05, 0) is 34.1 Å². The van der Waals surface area contributed by atoms with Gasteiger partial charge in [0, 0.05) is 11.5 Å². The van der Waals surface area contributed by atoms with E-state index in [0.29, 0.717) is 11.8 Å². The molecule has 2 atom stereocenters. The highest BCUT2D eigenvalue weighted by atomic mass is 32.2. The molecule has 1 aromatic rings. The number of carboxylic acids is 1. The summed E-state index contributed by atoms with van der Waals surface area (Å²) in [6.45, 7) is 8.93. The molecule has 1 aliphatic heterocycles. The van der Waals surface area contributed by atoms with Crippen LogP contribution in [0.4, 0.5) is 0 Å². The molecular formula is C13H21N3O3S. The quantitative estimate of drug-likeness (QED) is 0.858. The van der Waals surface area contributed by atoms with Crippen molar-refractivity contribution < 1.29 is 14.6 Å². The Morgan fingerprint density at radius 2 is 2.20 bits per heavy atom. The van der Waals surface area contributed by atoms with Crippen molar-refractivity contribution in [1.29, 1.82) is 0 Å². The number of aliphatic carboxylic acids is 1. The predicted molar refractivity (Wildman–Crippen MR) is 76.1 cm³/mol. The second-order valence-corrected chi connectivity index (χ2v) is 7.05. The number of thioether (sulfide) groups is 1. The van der Waals surface area contributed by atoms with Crippen LogP contribution in [0.1, 0.15) is 45.9 Å². The summed E-state index contributed by atoms with van der Waals surface area (Å²) in [7, 11) is 0. The SMILES string of the molecule is CC1CC(c2nnc(SCC(=O)O)n2C(C)(C)C)CO1. The van der Waals surface area contributed by atoms with Crippen molar-refractivity contribution in [3.05, 3.63) is 5.82 Å². The number of hydrogen-bond acceptors (Lipinski definition) is 5. The first-order chi connectivity index (χ1) is 9.29. The molecule has 1 fully saturated rings. The minimum Gasteiger partial charge on any atom is -0.481 e. The first-order valence-electron chi connectivity index (χ1n) is 6.71. The van der Waals surface area contributed by atoms with E-state index in [9.17, 15) is 4.79 Å².